The molecule has 2 heterocycles. The third-order valence-electron chi connectivity index (χ3n) is 7.92. The van der Waals surface area contributed by atoms with E-state index in [2.05, 4.69) is 4.72 Å². The summed E-state index contributed by atoms with van der Waals surface area (Å²) < 4.78 is 60.8. The monoisotopic (exact) mass is 592 g/mol. The van der Waals surface area contributed by atoms with Crippen molar-refractivity contribution in [3.63, 3.8) is 0 Å². The van der Waals surface area contributed by atoms with E-state index in [1.807, 2.05) is 73.5 Å². The number of hydrogen-bond donors (Lipinski definition) is 1. The topological polar surface area (TPSA) is 116 Å². The van der Waals surface area contributed by atoms with Crippen molar-refractivity contribution in [2.45, 2.75) is 37.8 Å². The number of anilines is 1. The molecule has 220 valence electrons. The third kappa shape index (κ3) is 7.22. The summed E-state index contributed by atoms with van der Waals surface area (Å²) in [5.74, 6) is -0.456. The molecule has 0 aromatic heterocycles. The minimum absolute atomic E-state index is 0.0943. The highest BCUT2D eigenvalue weighted by Crippen LogP contribution is 2.47. The van der Waals surface area contributed by atoms with Crippen molar-refractivity contribution in [3.8, 4) is 0 Å². The van der Waals surface area contributed by atoms with E-state index in [0.717, 1.165) is 11.1 Å². The molecule has 4 rings (SSSR count). The Morgan fingerprint density at radius 2 is 1.70 bits per heavy atom. The first-order valence-electron chi connectivity index (χ1n) is 13.6. The van der Waals surface area contributed by atoms with Crippen LogP contribution < -0.4 is 9.03 Å². The second kappa shape index (κ2) is 12.6. The van der Waals surface area contributed by atoms with Crippen molar-refractivity contribution in [1.82, 2.24) is 14.5 Å². The zero-order valence-corrected chi connectivity index (χ0v) is 25.1. The number of sulfonamides is 2. The van der Waals surface area contributed by atoms with Crippen molar-refractivity contribution in [3.05, 3.63) is 65.7 Å². The first-order chi connectivity index (χ1) is 18.9. The Morgan fingerprint density at radius 1 is 1.05 bits per heavy atom. The summed E-state index contributed by atoms with van der Waals surface area (Å²) >= 11 is 0. The summed E-state index contributed by atoms with van der Waals surface area (Å²) in [5, 5.41) is 0. The van der Waals surface area contributed by atoms with E-state index in [1.54, 1.807) is 4.90 Å². The number of likely N-dealkylation sites (tertiary alicyclic amines) is 1. The van der Waals surface area contributed by atoms with Gasteiger partial charge in [-0.3, -0.25) is 9.10 Å². The third-order valence-corrected chi connectivity index (χ3v) is 10.4. The van der Waals surface area contributed by atoms with Gasteiger partial charge in [-0.1, -0.05) is 55.5 Å². The molecule has 0 radical (unpaired) electrons. The largest absolute Gasteiger partial charge is 0.375 e. The molecule has 40 heavy (non-hydrogen) atoms. The first kappa shape index (κ1) is 30.4. The summed E-state index contributed by atoms with van der Waals surface area (Å²) in [6.45, 7) is 4.29. The lowest BCUT2D eigenvalue weighted by Crippen LogP contribution is -2.55. The molecule has 1 saturated heterocycles. The fourth-order valence-corrected chi connectivity index (χ4v) is 7.69. The number of ether oxygens (including phenoxy) is 1. The standard InChI is InChI=1S/C28H40N4O6S2/c1-4-30(2)18-19-40(36,37)29-25(21-38-20-23-10-6-5-7-11-23)27(33)31-16-14-28(15-17-31)22-32(39(3,34)35)26-13-9-8-12-24(26)28/h5-13,25,29H,4,14-22H2,1-3H3/t25-/m1/s1. The predicted octanol–water partition coefficient (Wildman–Crippen LogP) is 1.78. The Hall–Kier alpha value is -2.51. The molecule has 1 amide bonds. The van der Waals surface area contributed by atoms with Gasteiger partial charge >= 0.3 is 0 Å². The maximum Gasteiger partial charge on any atom is 0.243 e. The number of nitrogens with zero attached hydrogens (tertiary/aromatic N) is 3. The van der Waals surface area contributed by atoms with Crippen LogP contribution in [-0.4, -0.2) is 97.0 Å². The average molecular weight is 593 g/mol. The predicted molar refractivity (Wildman–Crippen MR) is 156 cm³/mol. The number of amides is 1. The van der Waals surface area contributed by atoms with Gasteiger partial charge in [-0.05, 0) is 43.6 Å². The molecule has 0 aliphatic carbocycles. The number of benzene rings is 2. The molecule has 0 unspecified atom stereocenters. The number of carbonyl (C=O) groups is 1. The molecule has 1 N–H and O–H groups in total. The molecule has 2 aromatic carbocycles. The number of para-hydroxylation sites is 1. The fraction of sp³-hybridized carbons (Fsp3) is 0.536. The molecule has 2 aliphatic rings. The van der Waals surface area contributed by atoms with Crippen LogP contribution in [0.3, 0.4) is 0 Å². The van der Waals surface area contributed by atoms with Crippen LogP contribution in [0.1, 0.15) is 30.9 Å². The fourth-order valence-electron chi connectivity index (χ4n) is 5.42. The quantitative estimate of drug-likeness (QED) is 0.400. The molecule has 2 aromatic rings. The number of hydrogen-bond acceptors (Lipinski definition) is 7. The van der Waals surface area contributed by atoms with Gasteiger partial charge in [0.05, 0.1) is 30.9 Å². The lowest BCUT2D eigenvalue weighted by atomic mass is 9.74. The molecule has 0 saturated carbocycles. The van der Waals surface area contributed by atoms with Crippen LogP contribution in [0.15, 0.2) is 54.6 Å². The van der Waals surface area contributed by atoms with E-state index in [4.69, 9.17) is 4.74 Å². The average Bonchev–Trinajstić information content (AvgIpc) is 3.26. The van der Waals surface area contributed by atoms with Crippen molar-refractivity contribution in [2.24, 2.45) is 0 Å². The van der Waals surface area contributed by atoms with E-state index in [0.29, 0.717) is 51.3 Å². The normalized spacial score (nSPS) is 17.8. The van der Waals surface area contributed by atoms with E-state index in [9.17, 15) is 21.6 Å². The van der Waals surface area contributed by atoms with E-state index in [1.165, 1.54) is 10.6 Å². The highest BCUT2D eigenvalue weighted by atomic mass is 32.2. The second-order valence-electron chi connectivity index (χ2n) is 10.8. The Kier molecular flexibility index (Phi) is 9.56. The molecule has 1 fully saturated rings. The molecular formula is C28H40N4O6S2. The smallest absolute Gasteiger partial charge is 0.243 e. The van der Waals surface area contributed by atoms with Gasteiger partial charge in [0.15, 0.2) is 0 Å². The molecule has 1 spiro atoms. The lowest BCUT2D eigenvalue weighted by molar-refractivity contribution is -0.136. The number of rotatable bonds is 12. The molecule has 1 atom stereocenters. The van der Waals surface area contributed by atoms with E-state index < -0.39 is 26.1 Å². The number of carbonyl (C=O) groups excluding carboxylic acids is 1. The SMILES string of the molecule is CCN(C)CCS(=O)(=O)N[C@H](COCc1ccccc1)C(=O)N1CCC2(CC1)CN(S(C)(=O)=O)c1ccccc12. The maximum absolute atomic E-state index is 13.7. The van der Waals surface area contributed by atoms with Gasteiger partial charge < -0.3 is 14.5 Å². The molecule has 12 heteroatoms. The number of fused-ring (bicyclic) bond motifs is 2. The zero-order valence-electron chi connectivity index (χ0n) is 23.5. The Labute approximate surface area is 238 Å². The highest BCUT2D eigenvalue weighted by Gasteiger charge is 2.48. The van der Waals surface area contributed by atoms with Gasteiger partial charge in [-0.25, -0.2) is 21.6 Å². The van der Waals surface area contributed by atoms with Gasteiger partial charge in [0, 0.05) is 31.6 Å². The Balaban J connectivity index is 1.46. The van der Waals surface area contributed by atoms with Gasteiger partial charge in [-0.15, -0.1) is 0 Å². The highest BCUT2D eigenvalue weighted by molar-refractivity contribution is 7.92. The molecule has 10 nitrogen and oxygen atoms in total. The first-order valence-corrected chi connectivity index (χ1v) is 17.1. The summed E-state index contributed by atoms with van der Waals surface area (Å²) in [5.41, 5.74) is 2.22. The minimum atomic E-state index is -3.74. The van der Waals surface area contributed by atoms with Crippen LogP contribution in [0, 0.1) is 0 Å². The van der Waals surface area contributed by atoms with Crippen LogP contribution in [0.2, 0.25) is 0 Å². The lowest BCUT2D eigenvalue weighted by Gasteiger charge is -2.40. The summed E-state index contributed by atoms with van der Waals surface area (Å²) in [7, 11) is -5.34. The molecule has 2 aliphatic heterocycles. The van der Waals surface area contributed by atoms with Gasteiger partial charge in [0.25, 0.3) is 0 Å². The second-order valence-corrected chi connectivity index (χ2v) is 14.6. The van der Waals surface area contributed by atoms with Crippen LogP contribution in [0.25, 0.3) is 0 Å². The zero-order chi connectivity index (χ0) is 29.0. The summed E-state index contributed by atoms with van der Waals surface area (Å²) in [4.78, 5) is 17.3. The van der Waals surface area contributed by atoms with Crippen LogP contribution in [0.5, 0.6) is 0 Å². The minimum Gasteiger partial charge on any atom is -0.375 e. The number of piperidine rings is 1. The van der Waals surface area contributed by atoms with Gasteiger partial charge in [0.2, 0.25) is 26.0 Å². The van der Waals surface area contributed by atoms with Crippen molar-refractivity contribution >= 4 is 31.6 Å². The molecule has 0 bridgehead atoms. The van der Waals surface area contributed by atoms with E-state index in [-0.39, 0.29) is 30.3 Å². The summed E-state index contributed by atoms with van der Waals surface area (Å²) in [6.07, 6.45) is 2.37. The van der Waals surface area contributed by atoms with E-state index >= 15 is 0 Å². The summed E-state index contributed by atoms with van der Waals surface area (Å²) in [6, 6.07) is 16.0. The Bertz CT molecular complexity index is 1380. The maximum atomic E-state index is 13.7. The van der Waals surface area contributed by atoms with Crippen LogP contribution in [-0.2, 0) is 41.6 Å². The van der Waals surface area contributed by atoms with Crippen LogP contribution in [0.4, 0.5) is 5.69 Å². The van der Waals surface area contributed by atoms with Gasteiger partial charge in [-0.2, -0.15) is 0 Å². The van der Waals surface area contributed by atoms with Crippen molar-refractivity contribution < 1.29 is 26.4 Å². The van der Waals surface area contributed by atoms with Gasteiger partial charge in [0.1, 0.15) is 6.04 Å². The van der Waals surface area contributed by atoms with Crippen molar-refractivity contribution in [1.29, 1.82) is 0 Å². The number of nitrogens with one attached hydrogen (secondary N) is 1. The Morgan fingerprint density at radius 3 is 2.35 bits per heavy atom. The van der Waals surface area contributed by atoms with Crippen LogP contribution >= 0.6 is 0 Å². The van der Waals surface area contributed by atoms with Crippen molar-refractivity contribution in [2.75, 3.05) is 62.7 Å². The molecular weight excluding hydrogens is 552 g/mol.